The van der Waals surface area contributed by atoms with E-state index in [-0.39, 0.29) is 30.5 Å². The van der Waals surface area contributed by atoms with Crippen LogP contribution in [0.15, 0.2) is 36.4 Å². The zero-order valence-corrected chi connectivity index (χ0v) is 15.1. The second-order valence-corrected chi connectivity index (χ2v) is 6.11. The van der Waals surface area contributed by atoms with Crippen LogP contribution >= 0.6 is 0 Å². The van der Waals surface area contributed by atoms with Crippen molar-refractivity contribution in [3.8, 4) is 23.0 Å². The van der Waals surface area contributed by atoms with Crippen molar-refractivity contribution in [2.24, 2.45) is 0 Å². The van der Waals surface area contributed by atoms with Crippen LogP contribution in [-0.4, -0.2) is 55.9 Å². The third kappa shape index (κ3) is 5.28. The van der Waals surface area contributed by atoms with Gasteiger partial charge in [-0.3, -0.25) is 9.59 Å². The molecule has 0 aliphatic rings. The van der Waals surface area contributed by atoms with Crippen molar-refractivity contribution in [2.75, 3.05) is 6.54 Å². The summed E-state index contributed by atoms with van der Waals surface area (Å²) >= 11 is 0. The van der Waals surface area contributed by atoms with Gasteiger partial charge in [0.25, 0.3) is 11.8 Å². The number of carboxylic acids is 1. The van der Waals surface area contributed by atoms with Gasteiger partial charge >= 0.3 is 5.97 Å². The van der Waals surface area contributed by atoms with E-state index in [9.17, 15) is 39.9 Å². The molecule has 0 aliphatic carbocycles. The van der Waals surface area contributed by atoms with E-state index < -0.39 is 46.8 Å². The lowest BCUT2D eigenvalue weighted by Gasteiger charge is -2.15. The molecule has 0 saturated carbocycles. The Balaban J connectivity index is 1.90. The number of benzene rings is 2. The normalized spacial score (nSPS) is 11.4. The molecule has 1 unspecified atom stereocenters. The number of carbonyl (C=O) groups is 3. The molecule has 0 aliphatic heterocycles. The lowest BCUT2D eigenvalue weighted by molar-refractivity contribution is -0.139. The summed E-state index contributed by atoms with van der Waals surface area (Å²) < 4.78 is 0. The van der Waals surface area contributed by atoms with Crippen LogP contribution < -0.4 is 10.6 Å². The Bertz CT molecular complexity index is 928. The van der Waals surface area contributed by atoms with Crippen molar-refractivity contribution in [1.82, 2.24) is 10.6 Å². The summed E-state index contributed by atoms with van der Waals surface area (Å²) in [6, 6.07) is 6.35. The van der Waals surface area contributed by atoms with Gasteiger partial charge in [0.15, 0.2) is 23.0 Å². The molecule has 154 valence electrons. The van der Waals surface area contributed by atoms with Gasteiger partial charge in [-0.15, -0.1) is 0 Å². The summed E-state index contributed by atoms with van der Waals surface area (Å²) in [6.45, 7) is 0.0466. The van der Waals surface area contributed by atoms with E-state index in [1.165, 1.54) is 36.4 Å². The molecule has 0 spiro atoms. The van der Waals surface area contributed by atoms with E-state index in [2.05, 4.69) is 10.6 Å². The SMILES string of the molecule is O=C(NCCCC(NC(=O)c1cccc(O)c1O)C(=O)O)c1cccc(O)c1O. The van der Waals surface area contributed by atoms with Crippen LogP contribution in [0.5, 0.6) is 23.0 Å². The maximum Gasteiger partial charge on any atom is 0.326 e. The second-order valence-electron chi connectivity index (χ2n) is 6.11. The first-order chi connectivity index (χ1) is 13.7. The first kappa shape index (κ1) is 21.4. The van der Waals surface area contributed by atoms with Gasteiger partial charge in [0.2, 0.25) is 0 Å². The van der Waals surface area contributed by atoms with Gasteiger partial charge in [-0.05, 0) is 37.1 Å². The van der Waals surface area contributed by atoms with Gasteiger partial charge in [-0.1, -0.05) is 12.1 Å². The van der Waals surface area contributed by atoms with E-state index >= 15 is 0 Å². The maximum absolute atomic E-state index is 12.2. The first-order valence-corrected chi connectivity index (χ1v) is 8.56. The van der Waals surface area contributed by atoms with Crippen molar-refractivity contribution < 1.29 is 39.9 Å². The topological polar surface area (TPSA) is 176 Å². The number of carboxylic acid groups (broad SMARTS) is 1. The Morgan fingerprint density at radius 2 is 1.34 bits per heavy atom. The predicted molar refractivity (Wildman–Crippen MR) is 100 cm³/mol. The number of rotatable bonds is 8. The standard InChI is InChI=1S/C19H20N2O8/c22-13-7-1-4-10(15(13)24)17(26)20-9-3-6-12(19(28)29)21-18(27)11-5-2-8-14(23)16(11)25/h1-2,4-5,7-8,12,22-25H,3,6,9H2,(H,20,26)(H,21,27)(H,28,29). The molecule has 0 aromatic heterocycles. The zero-order chi connectivity index (χ0) is 21.6. The van der Waals surface area contributed by atoms with Crippen molar-refractivity contribution in [3.63, 3.8) is 0 Å². The Morgan fingerprint density at radius 1 is 0.828 bits per heavy atom. The molecular formula is C19H20N2O8. The quantitative estimate of drug-likeness (QED) is 0.251. The number of carbonyl (C=O) groups excluding carboxylic acids is 2. The van der Waals surface area contributed by atoms with Crippen molar-refractivity contribution in [1.29, 1.82) is 0 Å². The molecule has 0 saturated heterocycles. The van der Waals surface area contributed by atoms with E-state index in [0.717, 1.165) is 0 Å². The van der Waals surface area contributed by atoms with E-state index in [1.54, 1.807) is 0 Å². The number of hydrogen-bond acceptors (Lipinski definition) is 7. The summed E-state index contributed by atoms with van der Waals surface area (Å²) in [5.41, 5.74) is -0.406. The van der Waals surface area contributed by atoms with Crippen LogP contribution in [0.3, 0.4) is 0 Å². The molecule has 2 rings (SSSR count). The van der Waals surface area contributed by atoms with Gasteiger partial charge in [-0.25, -0.2) is 4.79 Å². The van der Waals surface area contributed by atoms with Gasteiger partial charge in [-0.2, -0.15) is 0 Å². The van der Waals surface area contributed by atoms with Crippen LogP contribution in [0.1, 0.15) is 33.6 Å². The summed E-state index contributed by atoms with van der Waals surface area (Å²) in [4.78, 5) is 35.5. The predicted octanol–water partition coefficient (Wildman–Crippen LogP) is 0.902. The first-order valence-electron chi connectivity index (χ1n) is 8.56. The average molecular weight is 404 g/mol. The summed E-state index contributed by atoms with van der Waals surface area (Å²) in [7, 11) is 0. The Hall–Kier alpha value is -3.95. The number of phenolic OH excluding ortho intramolecular Hbond substituents is 4. The highest BCUT2D eigenvalue weighted by Crippen LogP contribution is 2.28. The largest absolute Gasteiger partial charge is 0.504 e. The third-order valence-electron chi connectivity index (χ3n) is 4.08. The molecule has 1 atom stereocenters. The second kappa shape index (κ2) is 9.31. The number of amides is 2. The number of phenols is 4. The van der Waals surface area contributed by atoms with Crippen LogP contribution in [0, 0.1) is 0 Å². The highest BCUT2D eigenvalue weighted by molar-refractivity contribution is 5.99. The van der Waals surface area contributed by atoms with Gasteiger partial charge < -0.3 is 36.2 Å². The molecule has 0 fully saturated rings. The Kier molecular flexibility index (Phi) is 6.85. The monoisotopic (exact) mass is 404 g/mol. The fraction of sp³-hybridized carbons (Fsp3) is 0.211. The third-order valence-corrected chi connectivity index (χ3v) is 4.08. The molecule has 2 aromatic rings. The number of aliphatic carboxylic acids is 1. The minimum absolute atomic E-state index is 0.0348. The minimum Gasteiger partial charge on any atom is -0.504 e. The summed E-state index contributed by atoms with van der Waals surface area (Å²) in [6.07, 6.45) is 0.140. The van der Waals surface area contributed by atoms with Crippen LogP contribution in [-0.2, 0) is 4.79 Å². The molecule has 29 heavy (non-hydrogen) atoms. The average Bonchev–Trinajstić information content (AvgIpc) is 2.67. The lowest BCUT2D eigenvalue weighted by Crippen LogP contribution is -2.41. The number of nitrogens with one attached hydrogen (secondary N) is 2. The van der Waals surface area contributed by atoms with Crippen LogP contribution in [0.25, 0.3) is 0 Å². The van der Waals surface area contributed by atoms with Crippen molar-refractivity contribution in [3.05, 3.63) is 47.5 Å². The number of para-hydroxylation sites is 2. The van der Waals surface area contributed by atoms with Crippen LogP contribution in [0.4, 0.5) is 0 Å². The molecule has 10 nitrogen and oxygen atoms in total. The number of hydrogen-bond donors (Lipinski definition) is 7. The number of aromatic hydroxyl groups is 4. The highest BCUT2D eigenvalue weighted by atomic mass is 16.4. The molecule has 0 radical (unpaired) electrons. The van der Waals surface area contributed by atoms with Crippen molar-refractivity contribution in [2.45, 2.75) is 18.9 Å². The Morgan fingerprint density at radius 3 is 1.86 bits per heavy atom. The molecule has 2 aromatic carbocycles. The van der Waals surface area contributed by atoms with E-state index in [1.807, 2.05) is 0 Å². The summed E-state index contributed by atoms with van der Waals surface area (Å²) in [5, 5.41) is 52.2. The minimum atomic E-state index is -1.31. The highest BCUT2D eigenvalue weighted by Gasteiger charge is 2.23. The van der Waals surface area contributed by atoms with E-state index in [4.69, 9.17) is 0 Å². The van der Waals surface area contributed by atoms with Crippen molar-refractivity contribution >= 4 is 17.8 Å². The smallest absolute Gasteiger partial charge is 0.326 e. The van der Waals surface area contributed by atoms with Gasteiger partial charge in [0.05, 0.1) is 11.1 Å². The van der Waals surface area contributed by atoms with E-state index in [0.29, 0.717) is 0 Å². The molecule has 10 heteroatoms. The molecule has 0 bridgehead atoms. The molecule has 0 heterocycles. The van der Waals surface area contributed by atoms with Gasteiger partial charge in [0.1, 0.15) is 6.04 Å². The maximum atomic E-state index is 12.2. The summed E-state index contributed by atoms with van der Waals surface area (Å²) in [5.74, 6) is -5.02. The molecular weight excluding hydrogens is 384 g/mol. The Labute approximate surface area is 165 Å². The van der Waals surface area contributed by atoms with Gasteiger partial charge in [0, 0.05) is 6.54 Å². The fourth-order valence-electron chi connectivity index (χ4n) is 2.53. The molecule has 2 amide bonds. The van der Waals surface area contributed by atoms with Crippen LogP contribution in [0.2, 0.25) is 0 Å². The fourth-order valence-corrected chi connectivity index (χ4v) is 2.53. The zero-order valence-electron chi connectivity index (χ0n) is 15.1. The lowest BCUT2D eigenvalue weighted by atomic mass is 10.1. The molecule has 7 N–H and O–H groups in total.